The van der Waals surface area contributed by atoms with Crippen LogP contribution < -0.4 is 4.90 Å². The Kier molecular flexibility index (Phi) is 2.59. The lowest BCUT2D eigenvalue weighted by Crippen LogP contribution is -2.28. The molecule has 0 radical (unpaired) electrons. The third kappa shape index (κ3) is 1.64. The van der Waals surface area contributed by atoms with Crippen LogP contribution in [0, 0.1) is 0 Å². The van der Waals surface area contributed by atoms with Crippen molar-refractivity contribution in [1.29, 1.82) is 0 Å². The molecule has 3 rings (SSSR count). The Balaban J connectivity index is 2.32. The van der Waals surface area contributed by atoms with E-state index in [2.05, 4.69) is 47.9 Å². The van der Waals surface area contributed by atoms with Crippen molar-refractivity contribution in [3.05, 3.63) is 23.7 Å². The minimum Gasteiger partial charge on any atom is -0.364 e. The number of anilines is 1. The van der Waals surface area contributed by atoms with E-state index < -0.39 is 0 Å². The molecule has 0 bridgehead atoms. The van der Waals surface area contributed by atoms with Crippen molar-refractivity contribution in [3.63, 3.8) is 0 Å². The molecular weight excluding hydrogens is 238 g/mol. The largest absolute Gasteiger partial charge is 0.364 e. The lowest BCUT2D eigenvalue weighted by atomic mass is 9.94. The smallest absolute Gasteiger partial charge is 0.120 e. The maximum Gasteiger partial charge on any atom is 0.120 e. The van der Waals surface area contributed by atoms with Gasteiger partial charge in [0.1, 0.15) is 11.4 Å². The van der Waals surface area contributed by atoms with Crippen LogP contribution in [0.25, 0.3) is 11.3 Å². The summed E-state index contributed by atoms with van der Waals surface area (Å²) < 4.78 is 0. The third-order valence-corrected chi connectivity index (χ3v) is 3.82. The number of fused-ring (bicyclic) bond motifs is 3. The van der Waals surface area contributed by atoms with Gasteiger partial charge in [-0.05, 0) is 18.9 Å². The molecule has 0 N–H and O–H groups in total. The van der Waals surface area contributed by atoms with Gasteiger partial charge in [-0.2, -0.15) is 15.0 Å². The number of hydrogen-bond donors (Lipinski definition) is 0. The van der Waals surface area contributed by atoms with Gasteiger partial charge in [0.15, 0.2) is 0 Å². The third-order valence-electron chi connectivity index (χ3n) is 3.82. The number of aryl methyl sites for hydroxylation is 1. The molecule has 2 aromatic rings. The Labute approximate surface area is 113 Å². The van der Waals surface area contributed by atoms with Crippen LogP contribution in [0.5, 0.6) is 0 Å². The first-order valence-corrected chi connectivity index (χ1v) is 6.64. The van der Waals surface area contributed by atoms with Crippen LogP contribution in [-0.2, 0) is 7.05 Å². The van der Waals surface area contributed by atoms with Crippen LogP contribution in [-0.4, -0.2) is 27.0 Å². The summed E-state index contributed by atoms with van der Waals surface area (Å²) in [6, 6.07) is 2.26. The summed E-state index contributed by atoms with van der Waals surface area (Å²) in [4.78, 5) is 8.47. The summed E-state index contributed by atoms with van der Waals surface area (Å²) in [7, 11) is 3.98. The molecule has 1 unspecified atom stereocenters. The monoisotopic (exact) mass is 257 g/mol. The molecule has 0 fully saturated rings. The highest BCUT2D eigenvalue weighted by Crippen LogP contribution is 2.44. The second-order valence-corrected chi connectivity index (χ2v) is 5.46. The Bertz CT molecular complexity index is 629. The Morgan fingerprint density at radius 2 is 1.95 bits per heavy atom. The molecule has 100 valence electrons. The van der Waals surface area contributed by atoms with Crippen LogP contribution in [0.3, 0.4) is 0 Å². The first kappa shape index (κ1) is 12.1. The molecule has 0 amide bonds. The van der Waals surface area contributed by atoms with Crippen molar-refractivity contribution in [1.82, 2.24) is 20.0 Å². The van der Waals surface area contributed by atoms with E-state index in [1.807, 2.05) is 19.3 Å². The Morgan fingerprint density at radius 1 is 1.21 bits per heavy atom. The van der Waals surface area contributed by atoms with Crippen LogP contribution in [0.2, 0.25) is 0 Å². The van der Waals surface area contributed by atoms with Gasteiger partial charge in [0.25, 0.3) is 0 Å². The fraction of sp³-hybridized carbons (Fsp3) is 0.500. The molecule has 1 aliphatic heterocycles. The van der Waals surface area contributed by atoms with E-state index in [1.165, 1.54) is 5.69 Å². The molecule has 0 aromatic carbocycles. The van der Waals surface area contributed by atoms with Crippen molar-refractivity contribution < 1.29 is 0 Å². The minimum absolute atomic E-state index is 0.220. The van der Waals surface area contributed by atoms with Gasteiger partial charge in [0, 0.05) is 25.9 Å². The lowest BCUT2D eigenvalue weighted by Gasteiger charge is -2.34. The molecule has 2 aromatic heterocycles. The number of pyridine rings is 1. The second kappa shape index (κ2) is 4.05. The molecule has 5 nitrogen and oxygen atoms in total. The van der Waals surface area contributed by atoms with Gasteiger partial charge in [-0.1, -0.05) is 13.8 Å². The number of aromatic nitrogens is 4. The molecule has 0 saturated heterocycles. The standard InChI is InChI=1S/C14H19N5/c1-8(2)11-14-10(6-7-15-11)13-12(9(3)18(14)4)16-19(5)17-13/h6-9H,1-5H3. The molecule has 3 heterocycles. The molecule has 19 heavy (non-hydrogen) atoms. The Morgan fingerprint density at radius 3 is 2.63 bits per heavy atom. The predicted octanol–water partition coefficient (Wildman–Crippen LogP) is 2.51. The number of rotatable bonds is 1. The number of hydrogen-bond acceptors (Lipinski definition) is 4. The SMILES string of the molecule is CC(C)c1nccc2c1N(C)C(C)c1nn(C)nc1-2. The van der Waals surface area contributed by atoms with E-state index in [0.29, 0.717) is 5.92 Å². The zero-order valence-electron chi connectivity index (χ0n) is 12.0. The second-order valence-electron chi connectivity index (χ2n) is 5.46. The van der Waals surface area contributed by atoms with Gasteiger partial charge < -0.3 is 4.90 Å². The molecule has 1 aliphatic rings. The summed E-state index contributed by atoms with van der Waals surface area (Å²) in [6.45, 7) is 6.51. The number of nitrogens with zero attached hydrogens (tertiary/aromatic N) is 5. The molecular formula is C14H19N5. The topological polar surface area (TPSA) is 46.8 Å². The summed E-state index contributed by atoms with van der Waals surface area (Å²) in [5, 5.41) is 9.03. The summed E-state index contributed by atoms with van der Waals surface area (Å²) >= 11 is 0. The van der Waals surface area contributed by atoms with E-state index in [1.54, 1.807) is 4.80 Å². The van der Waals surface area contributed by atoms with Crippen LogP contribution in [0.15, 0.2) is 12.3 Å². The van der Waals surface area contributed by atoms with Gasteiger partial charge in [-0.3, -0.25) is 4.98 Å². The molecule has 1 atom stereocenters. The van der Waals surface area contributed by atoms with Gasteiger partial charge >= 0.3 is 0 Å². The zero-order chi connectivity index (χ0) is 13.7. The van der Waals surface area contributed by atoms with E-state index in [-0.39, 0.29) is 6.04 Å². The molecule has 0 spiro atoms. The fourth-order valence-corrected chi connectivity index (χ4v) is 2.73. The van der Waals surface area contributed by atoms with Gasteiger partial charge in [-0.25, -0.2) is 0 Å². The normalized spacial score (nSPS) is 17.6. The maximum absolute atomic E-state index is 4.56. The van der Waals surface area contributed by atoms with Crippen molar-refractivity contribution in [2.75, 3.05) is 11.9 Å². The molecule has 0 saturated carbocycles. The van der Waals surface area contributed by atoms with E-state index in [4.69, 9.17) is 0 Å². The highest BCUT2D eigenvalue weighted by Gasteiger charge is 2.32. The van der Waals surface area contributed by atoms with Gasteiger partial charge in [0.2, 0.25) is 0 Å². The van der Waals surface area contributed by atoms with Crippen molar-refractivity contribution in [2.45, 2.75) is 32.7 Å². The van der Waals surface area contributed by atoms with Gasteiger partial charge in [-0.15, -0.1) is 0 Å². The van der Waals surface area contributed by atoms with Crippen molar-refractivity contribution in [2.24, 2.45) is 7.05 Å². The van der Waals surface area contributed by atoms with Crippen LogP contribution in [0.1, 0.15) is 44.1 Å². The average Bonchev–Trinajstić information content (AvgIpc) is 2.77. The maximum atomic E-state index is 4.56. The van der Waals surface area contributed by atoms with Gasteiger partial charge in [0.05, 0.1) is 17.4 Å². The summed E-state index contributed by atoms with van der Waals surface area (Å²) in [5.74, 6) is 0.392. The average molecular weight is 257 g/mol. The van der Waals surface area contributed by atoms with Crippen LogP contribution >= 0.6 is 0 Å². The fourth-order valence-electron chi connectivity index (χ4n) is 2.73. The highest BCUT2D eigenvalue weighted by atomic mass is 15.5. The minimum atomic E-state index is 0.220. The van der Waals surface area contributed by atoms with E-state index in [9.17, 15) is 0 Å². The summed E-state index contributed by atoms with van der Waals surface area (Å²) in [5.41, 5.74) is 5.49. The Hall–Kier alpha value is -1.91. The lowest BCUT2D eigenvalue weighted by molar-refractivity contribution is 0.624. The van der Waals surface area contributed by atoms with Crippen molar-refractivity contribution >= 4 is 5.69 Å². The quantitative estimate of drug-likeness (QED) is 0.787. The first-order chi connectivity index (χ1) is 9.00. The first-order valence-electron chi connectivity index (χ1n) is 6.64. The molecule has 5 heteroatoms. The van der Waals surface area contributed by atoms with E-state index >= 15 is 0 Å². The van der Waals surface area contributed by atoms with Crippen LogP contribution in [0.4, 0.5) is 5.69 Å². The van der Waals surface area contributed by atoms with E-state index in [0.717, 1.165) is 22.6 Å². The predicted molar refractivity (Wildman–Crippen MR) is 75.1 cm³/mol. The summed E-state index contributed by atoms with van der Waals surface area (Å²) in [6.07, 6.45) is 1.87. The van der Waals surface area contributed by atoms with Crippen molar-refractivity contribution in [3.8, 4) is 11.3 Å². The molecule has 0 aliphatic carbocycles. The zero-order valence-corrected chi connectivity index (χ0v) is 12.0. The highest BCUT2D eigenvalue weighted by molar-refractivity contribution is 5.82.